The van der Waals surface area contributed by atoms with E-state index in [2.05, 4.69) is 16.7 Å². The zero-order valence-corrected chi connectivity index (χ0v) is 21.9. The van der Waals surface area contributed by atoms with E-state index >= 15 is 0 Å². The number of amides is 4. The Hall–Kier alpha value is -4.72. The smallest absolute Gasteiger partial charge is 0.408 e. The van der Waals surface area contributed by atoms with E-state index in [1.807, 2.05) is 0 Å². The predicted molar refractivity (Wildman–Crippen MR) is 140 cm³/mol. The number of nitrogens with zero attached hydrogens (tertiary/aromatic N) is 1. The van der Waals surface area contributed by atoms with Crippen molar-refractivity contribution in [2.24, 2.45) is 5.73 Å². The Morgan fingerprint density at radius 2 is 1.76 bits per heavy atom. The topological polar surface area (TPSA) is 160 Å². The maximum atomic E-state index is 13.6. The molecule has 5 N–H and O–H groups in total. The number of phenolic OH excluding ortho intramolecular Hbond substituents is 1. The van der Waals surface area contributed by atoms with Gasteiger partial charge in [-0.05, 0) is 75.2 Å². The van der Waals surface area contributed by atoms with Crippen LogP contribution in [0.5, 0.6) is 11.5 Å². The number of aryl methyl sites for hydroxylation is 1. The summed E-state index contributed by atoms with van der Waals surface area (Å²) in [6.45, 7) is 6.48. The first-order valence-corrected chi connectivity index (χ1v) is 11.6. The number of hydrogen-bond acceptors (Lipinski definition) is 7. The third-order valence-corrected chi connectivity index (χ3v) is 5.17. The summed E-state index contributed by atoms with van der Waals surface area (Å²) in [5, 5.41) is 15.0. The number of benzene rings is 2. The summed E-state index contributed by atoms with van der Waals surface area (Å²) in [6, 6.07) is 10.00. The number of anilines is 1. The van der Waals surface area contributed by atoms with E-state index in [0.29, 0.717) is 17.0 Å². The Bertz CT molecular complexity index is 1230. The Labute approximate surface area is 221 Å². The molecule has 0 radical (unpaired) electrons. The molecular weight excluding hydrogens is 492 g/mol. The van der Waals surface area contributed by atoms with Crippen LogP contribution in [-0.4, -0.2) is 52.6 Å². The second-order valence-corrected chi connectivity index (χ2v) is 9.37. The van der Waals surface area contributed by atoms with E-state index in [4.69, 9.17) is 21.6 Å². The molecule has 38 heavy (non-hydrogen) atoms. The summed E-state index contributed by atoms with van der Waals surface area (Å²) < 4.78 is 10.3. The van der Waals surface area contributed by atoms with Crippen molar-refractivity contribution in [2.75, 3.05) is 12.4 Å². The number of carbonyl (C=O) groups excluding carboxylic acids is 4. The average molecular weight is 525 g/mol. The summed E-state index contributed by atoms with van der Waals surface area (Å²) in [7, 11) is 1.50. The minimum absolute atomic E-state index is 0.0279. The molecule has 2 aromatic rings. The molecule has 0 aliphatic rings. The minimum Gasteiger partial charge on any atom is -0.508 e. The van der Waals surface area contributed by atoms with Gasteiger partial charge in [0.25, 0.3) is 11.8 Å². The lowest BCUT2D eigenvalue weighted by Gasteiger charge is -2.30. The zero-order chi connectivity index (χ0) is 28.6. The second-order valence-electron chi connectivity index (χ2n) is 9.37. The summed E-state index contributed by atoms with van der Waals surface area (Å²) in [5.41, 5.74) is 5.51. The third-order valence-electron chi connectivity index (χ3n) is 5.17. The van der Waals surface area contributed by atoms with Crippen LogP contribution in [0.25, 0.3) is 0 Å². The van der Waals surface area contributed by atoms with Crippen molar-refractivity contribution < 1.29 is 33.8 Å². The van der Waals surface area contributed by atoms with Gasteiger partial charge in [0.15, 0.2) is 0 Å². The Kier molecular flexibility index (Phi) is 9.70. The number of alkyl carbamates (subject to hydrolysis) is 1. The van der Waals surface area contributed by atoms with Crippen LogP contribution < -0.4 is 21.1 Å². The highest BCUT2D eigenvalue weighted by molar-refractivity contribution is 6.00. The highest BCUT2D eigenvalue weighted by Gasteiger charge is 2.37. The van der Waals surface area contributed by atoms with Crippen LogP contribution in [0.1, 0.15) is 44.4 Å². The summed E-state index contributed by atoms with van der Waals surface area (Å²) in [6.07, 6.45) is 4.12. The van der Waals surface area contributed by atoms with Gasteiger partial charge in [-0.1, -0.05) is 12.5 Å². The molecule has 0 aromatic heterocycles. The van der Waals surface area contributed by atoms with Gasteiger partial charge in [-0.3, -0.25) is 19.3 Å². The first-order valence-electron chi connectivity index (χ1n) is 11.6. The normalized spacial score (nSPS) is 12.3. The van der Waals surface area contributed by atoms with Crippen molar-refractivity contribution in [3.05, 3.63) is 53.6 Å². The molecule has 0 heterocycles. The fourth-order valence-corrected chi connectivity index (χ4v) is 3.44. The number of primary amides is 1. The lowest BCUT2D eigenvalue weighted by Crippen LogP contribution is -2.52. The number of rotatable bonds is 9. The first kappa shape index (κ1) is 29.5. The van der Waals surface area contributed by atoms with Crippen LogP contribution in [0, 0.1) is 19.4 Å². The zero-order valence-electron chi connectivity index (χ0n) is 21.9. The summed E-state index contributed by atoms with van der Waals surface area (Å²) >= 11 is 0. The molecule has 202 valence electrons. The predicted octanol–water partition coefficient (Wildman–Crippen LogP) is 2.58. The van der Waals surface area contributed by atoms with Gasteiger partial charge in [0, 0.05) is 11.7 Å². The van der Waals surface area contributed by atoms with Crippen LogP contribution >= 0.6 is 0 Å². The van der Waals surface area contributed by atoms with Crippen molar-refractivity contribution >= 4 is 29.5 Å². The number of aromatic hydroxyl groups is 1. The van der Waals surface area contributed by atoms with Gasteiger partial charge < -0.3 is 30.9 Å². The number of nitrogens with one attached hydrogen (secondary N) is 2. The van der Waals surface area contributed by atoms with E-state index < -0.39 is 47.9 Å². The third kappa shape index (κ3) is 8.16. The second kappa shape index (κ2) is 12.5. The highest BCUT2D eigenvalue weighted by Crippen LogP contribution is 2.28. The number of carbonyl (C=O) groups is 4. The maximum Gasteiger partial charge on any atom is 0.408 e. The Balaban J connectivity index is 2.49. The van der Waals surface area contributed by atoms with E-state index in [1.165, 1.54) is 25.3 Å². The van der Waals surface area contributed by atoms with Crippen LogP contribution in [0.4, 0.5) is 10.5 Å². The molecule has 2 aromatic carbocycles. The van der Waals surface area contributed by atoms with Crippen molar-refractivity contribution in [2.45, 2.75) is 51.8 Å². The summed E-state index contributed by atoms with van der Waals surface area (Å²) in [5.74, 6) is -1.99. The maximum absolute atomic E-state index is 13.6. The van der Waals surface area contributed by atoms with Gasteiger partial charge in [0.1, 0.15) is 29.2 Å². The van der Waals surface area contributed by atoms with Crippen molar-refractivity contribution in [3.63, 3.8) is 0 Å². The Morgan fingerprint density at radius 3 is 2.26 bits per heavy atom. The molecule has 0 aliphatic heterocycles. The molecule has 0 bridgehead atoms. The number of terminal acetylenes is 1. The van der Waals surface area contributed by atoms with Crippen LogP contribution in [0.2, 0.25) is 0 Å². The molecule has 2 atom stereocenters. The minimum atomic E-state index is -1.52. The molecule has 2 unspecified atom stereocenters. The van der Waals surface area contributed by atoms with Gasteiger partial charge in [0.05, 0.1) is 13.5 Å². The van der Waals surface area contributed by atoms with Gasteiger partial charge in [-0.15, -0.1) is 0 Å². The van der Waals surface area contributed by atoms with E-state index in [1.54, 1.807) is 52.0 Å². The van der Waals surface area contributed by atoms with Crippen molar-refractivity contribution in [3.8, 4) is 24.0 Å². The van der Waals surface area contributed by atoms with E-state index in [-0.39, 0.29) is 11.3 Å². The molecule has 11 heteroatoms. The van der Waals surface area contributed by atoms with E-state index in [0.717, 1.165) is 4.90 Å². The number of hydrogen-bond donors (Lipinski definition) is 4. The molecule has 11 nitrogen and oxygen atoms in total. The fraction of sp³-hybridized carbons (Fsp3) is 0.333. The molecule has 0 spiro atoms. The Morgan fingerprint density at radius 1 is 1.13 bits per heavy atom. The van der Waals surface area contributed by atoms with Gasteiger partial charge in [0.2, 0.25) is 5.91 Å². The quantitative estimate of drug-likeness (QED) is 0.290. The molecule has 4 amide bonds. The molecule has 0 fully saturated rings. The van der Waals surface area contributed by atoms with E-state index in [9.17, 15) is 24.3 Å². The number of ether oxygens (including phenoxy) is 2. The standard InChI is InChI=1S/C27H32N4O7/c1-7-31(25(35)20(15-22(28)33)30-26(36)38-27(3,4)5)23(17-8-13-21(32)16(2)14-17)24(34)29-18-9-11-19(37-6)12-10-18/h1,8-14,20,23,32H,15H2,2-6H3,(H2,28,33)(H,29,34)(H,30,36). The molecular formula is C27H32N4O7. The first-order chi connectivity index (χ1) is 17.7. The van der Waals surface area contributed by atoms with Gasteiger partial charge in [-0.25, -0.2) is 4.79 Å². The lowest BCUT2D eigenvalue weighted by atomic mass is 10.00. The monoisotopic (exact) mass is 524 g/mol. The van der Waals surface area contributed by atoms with Gasteiger partial charge in [-0.2, -0.15) is 0 Å². The number of nitrogens with two attached hydrogens (primary N) is 1. The average Bonchev–Trinajstić information content (AvgIpc) is 2.82. The SMILES string of the molecule is C#CN(C(=O)C(CC(N)=O)NC(=O)OC(C)(C)C)C(C(=O)Nc1ccc(OC)cc1)c1ccc(O)c(C)c1. The lowest BCUT2D eigenvalue weighted by molar-refractivity contribution is -0.138. The number of methoxy groups -OCH3 is 1. The largest absolute Gasteiger partial charge is 0.508 e. The van der Waals surface area contributed by atoms with Crippen LogP contribution in [0.3, 0.4) is 0 Å². The summed E-state index contributed by atoms with van der Waals surface area (Å²) in [4.78, 5) is 52.0. The molecule has 0 saturated carbocycles. The van der Waals surface area contributed by atoms with Gasteiger partial charge >= 0.3 is 6.09 Å². The molecule has 2 rings (SSSR count). The molecule has 0 saturated heterocycles. The van der Waals surface area contributed by atoms with Crippen LogP contribution in [-0.2, 0) is 19.1 Å². The number of phenols is 1. The van der Waals surface area contributed by atoms with Crippen molar-refractivity contribution in [1.29, 1.82) is 0 Å². The molecule has 0 aliphatic carbocycles. The fourth-order valence-electron chi connectivity index (χ4n) is 3.44. The van der Waals surface area contributed by atoms with Crippen LogP contribution in [0.15, 0.2) is 42.5 Å². The van der Waals surface area contributed by atoms with Crippen molar-refractivity contribution in [1.82, 2.24) is 10.2 Å². The highest BCUT2D eigenvalue weighted by atomic mass is 16.6.